The number of nitrogens with zero attached hydrogens (tertiary/aromatic N) is 2. The van der Waals surface area contributed by atoms with Gasteiger partial charge in [-0.05, 0) is 13.3 Å². The first-order valence-electron chi connectivity index (χ1n) is 7.27. The summed E-state index contributed by atoms with van der Waals surface area (Å²) >= 11 is 0. The maximum absolute atomic E-state index is 12.4. The Balaban J connectivity index is 1.77. The van der Waals surface area contributed by atoms with Crippen LogP contribution in [0.2, 0.25) is 0 Å². The highest BCUT2D eigenvalue weighted by molar-refractivity contribution is 5.90. The molecule has 2 aliphatic heterocycles. The molecule has 6 nitrogen and oxygen atoms in total. The lowest BCUT2D eigenvalue weighted by Crippen LogP contribution is -2.53. The summed E-state index contributed by atoms with van der Waals surface area (Å²) in [5.41, 5.74) is -0.946. The van der Waals surface area contributed by atoms with Crippen molar-refractivity contribution in [1.82, 2.24) is 10.2 Å². The highest BCUT2D eigenvalue weighted by atomic mass is 19.4. The molecule has 2 heterocycles. The van der Waals surface area contributed by atoms with Gasteiger partial charge in [0.1, 0.15) is 0 Å². The van der Waals surface area contributed by atoms with Gasteiger partial charge in [-0.25, -0.2) is 4.79 Å². The molecule has 0 spiro atoms. The van der Waals surface area contributed by atoms with Gasteiger partial charge in [-0.1, -0.05) is 12.1 Å². The molecule has 2 rings (SSSR count). The molecule has 9 heteroatoms. The Kier molecular flexibility index (Phi) is 5.15. The van der Waals surface area contributed by atoms with Crippen LogP contribution in [-0.2, 0) is 9.57 Å². The molecule has 0 bridgehead atoms. The number of hydrogen-bond acceptors (Lipinski definition) is 4. The van der Waals surface area contributed by atoms with E-state index in [1.807, 2.05) is 13.8 Å². The average molecular weight is 323 g/mol. The van der Waals surface area contributed by atoms with E-state index in [0.717, 1.165) is 6.42 Å². The monoisotopic (exact) mass is 323 g/mol. The minimum Gasteiger partial charge on any atom is -0.390 e. The van der Waals surface area contributed by atoms with E-state index in [1.54, 1.807) is 4.90 Å². The van der Waals surface area contributed by atoms with Crippen LogP contribution < -0.4 is 5.32 Å². The molecule has 0 aliphatic carbocycles. The predicted octanol–water partition coefficient (Wildman–Crippen LogP) is 1.90. The highest BCUT2D eigenvalue weighted by Gasteiger charge is 2.41. The molecule has 2 amide bonds. The van der Waals surface area contributed by atoms with Crippen LogP contribution in [0.4, 0.5) is 18.0 Å². The lowest BCUT2D eigenvalue weighted by Gasteiger charge is -2.36. The van der Waals surface area contributed by atoms with Gasteiger partial charge in [0.15, 0.2) is 11.8 Å². The predicted molar refractivity (Wildman–Crippen MR) is 72.6 cm³/mol. The van der Waals surface area contributed by atoms with Crippen LogP contribution in [0.15, 0.2) is 5.16 Å². The molecular weight excluding hydrogens is 303 g/mol. The van der Waals surface area contributed by atoms with Gasteiger partial charge in [0.25, 0.3) is 0 Å². The summed E-state index contributed by atoms with van der Waals surface area (Å²) in [7, 11) is 0. The van der Waals surface area contributed by atoms with Gasteiger partial charge in [-0.15, -0.1) is 0 Å². The second kappa shape index (κ2) is 6.72. The fourth-order valence-corrected chi connectivity index (χ4v) is 2.45. The normalized spacial score (nSPS) is 29.0. The molecule has 22 heavy (non-hydrogen) atoms. The summed E-state index contributed by atoms with van der Waals surface area (Å²) in [5, 5.41) is 5.62. The number of carbonyl (C=O) groups is 1. The van der Waals surface area contributed by atoms with Crippen molar-refractivity contribution in [2.45, 2.75) is 51.2 Å². The van der Waals surface area contributed by atoms with Crippen molar-refractivity contribution in [3.8, 4) is 0 Å². The zero-order valence-corrected chi connectivity index (χ0v) is 12.5. The number of oxime groups is 1. The van der Waals surface area contributed by atoms with Crippen molar-refractivity contribution >= 4 is 11.7 Å². The zero-order chi connectivity index (χ0) is 16.3. The van der Waals surface area contributed by atoms with Crippen LogP contribution in [-0.4, -0.2) is 60.8 Å². The number of halogens is 3. The Morgan fingerprint density at radius 2 is 2.14 bits per heavy atom. The van der Waals surface area contributed by atoms with Crippen molar-refractivity contribution in [2.75, 3.05) is 19.6 Å². The van der Waals surface area contributed by atoms with E-state index in [-0.39, 0.29) is 31.2 Å². The molecule has 1 saturated heterocycles. The summed E-state index contributed by atoms with van der Waals surface area (Å²) in [6.07, 6.45) is -4.89. The number of alkyl halides is 3. The molecule has 3 unspecified atom stereocenters. The smallest absolute Gasteiger partial charge is 0.390 e. The molecular formula is C13H20F3N3O3. The topological polar surface area (TPSA) is 63.2 Å². The van der Waals surface area contributed by atoms with E-state index in [2.05, 4.69) is 10.5 Å². The molecule has 0 radical (unpaired) electrons. The zero-order valence-electron chi connectivity index (χ0n) is 12.5. The molecule has 0 aromatic carbocycles. The average Bonchev–Trinajstić information content (AvgIpc) is 2.93. The van der Waals surface area contributed by atoms with Gasteiger partial charge in [-0.2, -0.15) is 13.2 Å². The van der Waals surface area contributed by atoms with Crippen molar-refractivity contribution in [2.24, 2.45) is 5.16 Å². The van der Waals surface area contributed by atoms with Crippen LogP contribution in [0.25, 0.3) is 0 Å². The molecule has 2 aliphatic rings. The van der Waals surface area contributed by atoms with Crippen molar-refractivity contribution in [3.05, 3.63) is 0 Å². The number of urea groups is 1. The summed E-state index contributed by atoms with van der Waals surface area (Å²) in [5.74, 6) is 0. The Bertz CT molecular complexity index is 442. The minimum atomic E-state index is -4.48. The standard InChI is InChI=1S/C13H20F3N3O3/c1-3-9-7-19(6-8(2)21-9)12(20)17-5-10-4-11(18-22-10)13(14,15)16/h8-10H,3-7H2,1-2H3,(H,17,20). The number of hydrogen-bond donors (Lipinski definition) is 1. The van der Waals surface area contributed by atoms with Crippen LogP contribution in [0.1, 0.15) is 26.7 Å². The number of amides is 2. The van der Waals surface area contributed by atoms with Crippen molar-refractivity contribution in [1.29, 1.82) is 0 Å². The molecule has 0 aromatic heterocycles. The van der Waals surface area contributed by atoms with Crippen LogP contribution >= 0.6 is 0 Å². The first-order valence-corrected chi connectivity index (χ1v) is 7.27. The number of nitrogens with one attached hydrogen (secondary N) is 1. The van der Waals surface area contributed by atoms with E-state index in [1.165, 1.54) is 0 Å². The van der Waals surface area contributed by atoms with Crippen LogP contribution in [0.5, 0.6) is 0 Å². The van der Waals surface area contributed by atoms with E-state index in [0.29, 0.717) is 13.1 Å². The summed E-state index contributed by atoms with van der Waals surface area (Å²) in [4.78, 5) is 18.4. The van der Waals surface area contributed by atoms with E-state index in [4.69, 9.17) is 9.57 Å². The maximum atomic E-state index is 12.4. The van der Waals surface area contributed by atoms with E-state index >= 15 is 0 Å². The van der Waals surface area contributed by atoms with Crippen molar-refractivity contribution < 1.29 is 27.5 Å². The van der Waals surface area contributed by atoms with Gasteiger partial charge in [0, 0.05) is 19.5 Å². The number of ether oxygens (including phenoxy) is 1. The van der Waals surface area contributed by atoms with Gasteiger partial charge in [-0.3, -0.25) is 0 Å². The number of morpholine rings is 1. The first kappa shape index (κ1) is 16.9. The lowest BCUT2D eigenvalue weighted by molar-refractivity contribution is -0.0648. The van der Waals surface area contributed by atoms with Gasteiger partial charge < -0.3 is 19.8 Å². The number of rotatable bonds is 3. The molecule has 0 saturated carbocycles. The fraction of sp³-hybridized carbons (Fsp3) is 0.846. The lowest BCUT2D eigenvalue weighted by atomic mass is 10.1. The fourth-order valence-electron chi connectivity index (χ4n) is 2.45. The Morgan fingerprint density at radius 3 is 2.73 bits per heavy atom. The third kappa shape index (κ3) is 4.25. The van der Waals surface area contributed by atoms with E-state index < -0.39 is 18.0 Å². The maximum Gasteiger partial charge on any atom is 0.432 e. The van der Waals surface area contributed by atoms with E-state index in [9.17, 15) is 18.0 Å². The Morgan fingerprint density at radius 1 is 1.41 bits per heavy atom. The third-order valence-corrected chi connectivity index (χ3v) is 3.61. The highest BCUT2D eigenvalue weighted by Crippen LogP contribution is 2.25. The third-order valence-electron chi connectivity index (χ3n) is 3.61. The largest absolute Gasteiger partial charge is 0.432 e. The molecule has 126 valence electrons. The van der Waals surface area contributed by atoms with Crippen LogP contribution in [0, 0.1) is 0 Å². The molecule has 1 fully saturated rings. The molecule has 1 N–H and O–H groups in total. The Labute approximate surface area is 126 Å². The summed E-state index contributed by atoms with van der Waals surface area (Å²) in [6.45, 7) is 4.78. The minimum absolute atomic E-state index is 0.00948. The van der Waals surface area contributed by atoms with Crippen molar-refractivity contribution in [3.63, 3.8) is 0 Å². The first-order chi connectivity index (χ1) is 10.3. The SMILES string of the molecule is CCC1CN(C(=O)NCC2CC(C(F)(F)F)=NO2)CC(C)O1. The summed E-state index contributed by atoms with van der Waals surface area (Å²) < 4.78 is 42.9. The summed E-state index contributed by atoms with van der Waals surface area (Å²) in [6, 6.07) is -0.322. The van der Waals surface area contributed by atoms with Gasteiger partial charge in [0.05, 0.1) is 18.8 Å². The molecule has 0 aromatic rings. The van der Waals surface area contributed by atoms with Crippen LogP contribution in [0.3, 0.4) is 0 Å². The Hall–Kier alpha value is -1.51. The quantitative estimate of drug-likeness (QED) is 0.863. The molecule has 3 atom stereocenters. The van der Waals surface area contributed by atoms with Gasteiger partial charge >= 0.3 is 12.2 Å². The second-order valence-electron chi connectivity index (χ2n) is 5.54. The number of carbonyl (C=O) groups excluding carboxylic acids is 1. The van der Waals surface area contributed by atoms with Gasteiger partial charge in [0.2, 0.25) is 0 Å². The second-order valence-corrected chi connectivity index (χ2v) is 5.54.